The smallest absolute Gasteiger partial charge is 0.308 e. The summed E-state index contributed by atoms with van der Waals surface area (Å²) in [5.74, 6) is -1.41. The molecule has 5 heteroatoms. The van der Waals surface area contributed by atoms with Gasteiger partial charge in [-0.05, 0) is 30.5 Å². The molecular weight excluding hydrogens is 244 g/mol. The molecule has 0 bridgehead atoms. The highest BCUT2D eigenvalue weighted by molar-refractivity contribution is 5.92. The number of hydrogen-bond acceptors (Lipinski definition) is 3. The first kappa shape index (κ1) is 13.3. The number of piperidine rings is 1. The Bertz CT molecular complexity index is 485. The van der Waals surface area contributed by atoms with Crippen molar-refractivity contribution in [1.82, 2.24) is 9.88 Å². The monoisotopic (exact) mass is 260 g/mol. The van der Waals surface area contributed by atoms with Crippen molar-refractivity contribution in [3.8, 4) is 0 Å². The third kappa shape index (κ3) is 3.64. The molecule has 0 radical (unpaired) electrons. The number of amides is 1. The van der Waals surface area contributed by atoms with Crippen LogP contribution in [0.2, 0.25) is 0 Å². The van der Waals surface area contributed by atoms with E-state index < -0.39 is 11.9 Å². The molecule has 19 heavy (non-hydrogen) atoms. The van der Waals surface area contributed by atoms with Gasteiger partial charge in [0.25, 0.3) is 0 Å². The average Bonchev–Trinajstić information content (AvgIpc) is 2.46. The van der Waals surface area contributed by atoms with E-state index in [4.69, 9.17) is 5.11 Å². The van der Waals surface area contributed by atoms with E-state index in [0.717, 1.165) is 12.0 Å². The molecule has 1 aromatic rings. The highest BCUT2D eigenvalue weighted by atomic mass is 16.4. The minimum atomic E-state index is -0.825. The lowest BCUT2D eigenvalue weighted by Gasteiger charge is -2.29. The fourth-order valence-corrected chi connectivity index (χ4v) is 2.13. The summed E-state index contributed by atoms with van der Waals surface area (Å²) in [4.78, 5) is 28.5. The molecule has 1 amide bonds. The maximum Gasteiger partial charge on any atom is 0.308 e. The zero-order valence-electron chi connectivity index (χ0n) is 10.5. The van der Waals surface area contributed by atoms with Crippen molar-refractivity contribution < 1.29 is 14.7 Å². The van der Waals surface area contributed by atoms with E-state index in [1.807, 2.05) is 6.07 Å². The quantitative estimate of drug-likeness (QED) is 0.834. The Morgan fingerprint density at radius 3 is 3.00 bits per heavy atom. The van der Waals surface area contributed by atoms with Crippen LogP contribution in [0.5, 0.6) is 0 Å². The van der Waals surface area contributed by atoms with Crippen LogP contribution in [-0.2, 0) is 9.59 Å². The fourth-order valence-electron chi connectivity index (χ4n) is 2.13. The topological polar surface area (TPSA) is 70.5 Å². The molecule has 1 aliphatic rings. The first-order valence-electron chi connectivity index (χ1n) is 6.26. The molecule has 0 aliphatic carbocycles. The molecule has 1 saturated heterocycles. The van der Waals surface area contributed by atoms with E-state index in [9.17, 15) is 9.59 Å². The molecule has 0 aromatic carbocycles. The van der Waals surface area contributed by atoms with Crippen LogP contribution in [0.3, 0.4) is 0 Å². The second kappa shape index (κ2) is 6.13. The molecule has 1 atom stereocenters. The van der Waals surface area contributed by atoms with Gasteiger partial charge in [0.1, 0.15) is 0 Å². The van der Waals surface area contributed by atoms with Gasteiger partial charge in [0.2, 0.25) is 5.91 Å². The van der Waals surface area contributed by atoms with Crippen LogP contribution >= 0.6 is 0 Å². The van der Waals surface area contributed by atoms with Crippen molar-refractivity contribution in [3.63, 3.8) is 0 Å². The van der Waals surface area contributed by atoms with Gasteiger partial charge in [0.15, 0.2) is 0 Å². The van der Waals surface area contributed by atoms with Crippen LogP contribution in [0.15, 0.2) is 30.6 Å². The van der Waals surface area contributed by atoms with E-state index in [0.29, 0.717) is 19.5 Å². The second-order valence-electron chi connectivity index (χ2n) is 4.58. The Morgan fingerprint density at radius 1 is 1.47 bits per heavy atom. The van der Waals surface area contributed by atoms with Crippen molar-refractivity contribution >= 4 is 18.0 Å². The second-order valence-corrected chi connectivity index (χ2v) is 4.58. The van der Waals surface area contributed by atoms with Gasteiger partial charge < -0.3 is 10.0 Å². The lowest BCUT2D eigenvalue weighted by Crippen LogP contribution is -2.41. The predicted octanol–water partition coefficient (Wildman–Crippen LogP) is 1.42. The summed E-state index contributed by atoms with van der Waals surface area (Å²) < 4.78 is 0. The van der Waals surface area contributed by atoms with Crippen molar-refractivity contribution in [3.05, 3.63) is 36.2 Å². The van der Waals surface area contributed by atoms with Crippen LogP contribution < -0.4 is 0 Å². The lowest BCUT2D eigenvalue weighted by molar-refractivity contribution is -0.144. The van der Waals surface area contributed by atoms with Crippen LogP contribution in [-0.4, -0.2) is 40.0 Å². The molecule has 1 fully saturated rings. The summed E-state index contributed by atoms with van der Waals surface area (Å²) in [6.07, 6.45) is 7.89. The Balaban J connectivity index is 1.96. The number of aromatic nitrogens is 1. The molecule has 0 spiro atoms. The van der Waals surface area contributed by atoms with Crippen molar-refractivity contribution in [1.29, 1.82) is 0 Å². The van der Waals surface area contributed by atoms with E-state index in [2.05, 4.69) is 4.98 Å². The van der Waals surface area contributed by atoms with E-state index in [-0.39, 0.29) is 5.91 Å². The minimum absolute atomic E-state index is 0.144. The maximum absolute atomic E-state index is 12.0. The van der Waals surface area contributed by atoms with Gasteiger partial charge in [0.05, 0.1) is 5.92 Å². The normalized spacial score (nSPS) is 19.6. The number of carboxylic acids is 1. The maximum atomic E-state index is 12.0. The van der Waals surface area contributed by atoms with Crippen molar-refractivity contribution in [2.24, 2.45) is 5.92 Å². The molecule has 100 valence electrons. The SMILES string of the molecule is O=C(O)[C@@H]1CCCN(C(=O)/C=C/c2cccnc2)C1. The third-order valence-electron chi connectivity index (χ3n) is 3.19. The predicted molar refractivity (Wildman–Crippen MR) is 70.2 cm³/mol. The van der Waals surface area contributed by atoms with E-state index in [1.54, 1.807) is 29.4 Å². The van der Waals surface area contributed by atoms with Crippen molar-refractivity contribution in [2.75, 3.05) is 13.1 Å². The molecule has 1 aromatic heterocycles. The molecule has 0 unspecified atom stereocenters. The van der Waals surface area contributed by atoms with Gasteiger partial charge in [-0.2, -0.15) is 0 Å². The van der Waals surface area contributed by atoms with Crippen LogP contribution in [0.1, 0.15) is 18.4 Å². The number of carboxylic acid groups (broad SMARTS) is 1. The third-order valence-corrected chi connectivity index (χ3v) is 3.19. The van der Waals surface area contributed by atoms with Crippen LogP contribution in [0, 0.1) is 5.92 Å². The fraction of sp³-hybridized carbons (Fsp3) is 0.357. The van der Waals surface area contributed by atoms with Crippen LogP contribution in [0.4, 0.5) is 0 Å². The molecule has 1 aliphatic heterocycles. The first-order valence-corrected chi connectivity index (χ1v) is 6.26. The molecule has 1 N–H and O–H groups in total. The highest BCUT2D eigenvalue weighted by Crippen LogP contribution is 2.17. The largest absolute Gasteiger partial charge is 0.481 e. The number of nitrogens with zero attached hydrogens (tertiary/aromatic N) is 2. The van der Waals surface area contributed by atoms with Gasteiger partial charge in [-0.3, -0.25) is 14.6 Å². The number of rotatable bonds is 3. The zero-order chi connectivity index (χ0) is 13.7. The van der Waals surface area contributed by atoms with Gasteiger partial charge in [-0.1, -0.05) is 6.07 Å². The standard InChI is InChI=1S/C14H16N2O3/c17-13(6-5-11-3-1-7-15-9-11)16-8-2-4-12(10-16)14(18)19/h1,3,5-7,9,12H,2,4,8,10H2,(H,18,19)/b6-5+/t12-/m1/s1. The molecule has 5 nitrogen and oxygen atoms in total. The Hall–Kier alpha value is -2.17. The minimum Gasteiger partial charge on any atom is -0.481 e. The number of hydrogen-bond donors (Lipinski definition) is 1. The Labute approximate surface area is 111 Å². The number of carbonyl (C=O) groups is 2. The lowest BCUT2D eigenvalue weighted by atomic mass is 9.98. The number of likely N-dealkylation sites (tertiary alicyclic amines) is 1. The highest BCUT2D eigenvalue weighted by Gasteiger charge is 2.26. The summed E-state index contributed by atoms with van der Waals surface area (Å²) in [6.45, 7) is 0.922. The van der Waals surface area contributed by atoms with Gasteiger partial charge in [0, 0.05) is 31.6 Å². The first-order chi connectivity index (χ1) is 9.16. The van der Waals surface area contributed by atoms with Gasteiger partial charge in [-0.25, -0.2) is 0 Å². The van der Waals surface area contributed by atoms with Crippen LogP contribution in [0.25, 0.3) is 6.08 Å². The van der Waals surface area contributed by atoms with Crippen molar-refractivity contribution in [2.45, 2.75) is 12.8 Å². The summed E-state index contributed by atoms with van der Waals surface area (Å²) >= 11 is 0. The summed E-state index contributed by atoms with van der Waals surface area (Å²) in [5, 5.41) is 8.98. The Kier molecular flexibility index (Phi) is 4.28. The molecular formula is C14H16N2O3. The summed E-state index contributed by atoms with van der Waals surface area (Å²) in [6, 6.07) is 3.65. The molecule has 0 saturated carbocycles. The van der Waals surface area contributed by atoms with Gasteiger partial charge >= 0.3 is 5.97 Å². The van der Waals surface area contributed by atoms with Gasteiger partial charge in [-0.15, -0.1) is 0 Å². The Morgan fingerprint density at radius 2 is 2.32 bits per heavy atom. The number of aliphatic carboxylic acids is 1. The zero-order valence-corrected chi connectivity index (χ0v) is 10.5. The average molecular weight is 260 g/mol. The number of carbonyl (C=O) groups excluding carboxylic acids is 1. The molecule has 2 rings (SSSR count). The summed E-state index contributed by atoms with van der Waals surface area (Å²) in [7, 11) is 0. The van der Waals surface area contributed by atoms with E-state index >= 15 is 0 Å². The molecule has 2 heterocycles. The van der Waals surface area contributed by atoms with E-state index in [1.165, 1.54) is 6.08 Å². The summed E-state index contributed by atoms with van der Waals surface area (Å²) in [5.41, 5.74) is 0.850. The number of pyridine rings is 1.